The van der Waals surface area contributed by atoms with Crippen LogP contribution in [-0.2, 0) is 13.1 Å². The molecule has 2 aromatic rings. The number of ether oxygens (including phenoxy) is 1. The Hall–Kier alpha value is -1.97. The van der Waals surface area contributed by atoms with Crippen LogP contribution in [0.4, 0.5) is 5.69 Å². The Kier molecular flexibility index (Phi) is 3.87. The lowest BCUT2D eigenvalue weighted by Crippen LogP contribution is -2.07. The number of aryl methyl sites for hydroxylation is 2. The number of hydrogen-bond donors (Lipinski definition) is 1. The van der Waals surface area contributed by atoms with E-state index in [2.05, 4.69) is 23.4 Å². The lowest BCUT2D eigenvalue weighted by atomic mass is 10.3. The van der Waals surface area contributed by atoms with E-state index in [9.17, 15) is 0 Å². The predicted molar refractivity (Wildman–Crippen MR) is 73.0 cm³/mol. The van der Waals surface area contributed by atoms with Crippen molar-refractivity contribution >= 4 is 5.69 Å². The van der Waals surface area contributed by atoms with Crippen LogP contribution < -0.4 is 10.1 Å². The lowest BCUT2D eigenvalue weighted by molar-refractivity contribution is 0.415. The summed E-state index contributed by atoms with van der Waals surface area (Å²) in [4.78, 5) is 0. The van der Waals surface area contributed by atoms with Gasteiger partial charge < -0.3 is 10.1 Å². The smallest absolute Gasteiger partial charge is 0.119 e. The lowest BCUT2D eigenvalue weighted by Gasteiger charge is -2.08. The Bertz CT molecular complexity index is 502. The Balaban J connectivity index is 2.01. The van der Waals surface area contributed by atoms with Crippen LogP contribution in [-0.4, -0.2) is 16.9 Å². The highest BCUT2D eigenvalue weighted by atomic mass is 16.5. The molecule has 0 unspecified atom stereocenters. The molecule has 0 amide bonds. The second-order valence-electron chi connectivity index (χ2n) is 4.17. The first kappa shape index (κ1) is 12.5. The maximum atomic E-state index is 5.13. The highest BCUT2D eigenvalue weighted by Gasteiger charge is 2.03. The molecule has 0 radical (unpaired) electrons. The molecule has 0 spiro atoms. The summed E-state index contributed by atoms with van der Waals surface area (Å²) in [5, 5.41) is 7.81. The van der Waals surface area contributed by atoms with E-state index in [1.54, 1.807) is 7.11 Å². The molecular formula is C14H19N3O. The fourth-order valence-electron chi connectivity index (χ4n) is 1.92. The molecule has 1 N–H and O–H groups in total. The predicted octanol–water partition coefficient (Wildman–Crippen LogP) is 2.83. The number of nitrogens with zero attached hydrogens (tertiary/aromatic N) is 2. The van der Waals surface area contributed by atoms with Crippen molar-refractivity contribution in [1.82, 2.24) is 9.78 Å². The summed E-state index contributed by atoms with van der Waals surface area (Å²) in [6.07, 6.45) is 0. The Morgan fingerprint density at radius 3 is 2.61 bits per heavy atom. The molecule has 0 atom stereocenters. The number of hydrogen-bond acceptors (Lipinski definition) is 3. The molecule has 0 aliphatic rings. The Morgan fingerprint density at radius 2 is 2.00 bits per heavy atom. The fraction of sp³-hybridized carbons (Fsp3) is 0.357. The molecule has 0 saturated carbocycles. The molecular weight excluding hydrogens is 226 g/mol. The average Bonchev–Trinajstić information content (AvgIpc) is 2.77. The quantitative estimate of drug-likeness (QED) is 0.880. The van der Waals surface area contributed by atoms with E-state index in [-0.39, 0.29) is 0 Å². The highest BCUT2D eigenvalue weighted by molar-refractivity contribution is 5.46. The maximum Gasteiger partial charge on any atom is 0.119 e. The molecule has 0 fully saturated rings. The molecule has 0 aliphatic heterocycles. The first-order valence-electron chi connectivity index (χ1n) is 6.14. The summed E-state index contributed by atoms with van der Waals surface area (Å²) in [5.41, 5.74) is 3.34. The van der Waals surface area contributed by atoms with Gasteiger partial charge >= 0.3 is 0 Å². The number of methoxy groups -OCH3 is 1. The first-order valence-corrected chi connectivity index (χ1v) is 6.14. The van der Waals surface area contributed by atoms with Gasteiger partial charge in [-0.1, -0.05) is 0 Å². The average molecular weight is 245 g/mol. The molecule has 0 bridgehead atoms. The van der Waals surface area contributed by atoms with Crippen molar-refractivity contribution in [3.63, 3.8) is 0 Å². The molecule has 2 rings (SSSR count). The first-order chi connectivity index (χ1) is 8.72. The maximum absolute atomic E-state index is 5.13. The Labute approximate surface area is 108 Å². The molecule has 18 heavy (non-hydrogen) atoms. The number of anilines is 1. The van der Waals surface area contributed by atoms with E-state index in [1.165, 1.54) is 5.69 Å². The minimum Gasteiger partial charge on any atom is -0.497 e. The normalized spacial score (nSPS) is 10.4. The SMILES string of the molecule is CCn1nc(C)cc1CNc1ccc(OC)cc1. The van der Waals surface area contributed by atoms with E-state index in [1.807, 2.05) is 35.9 Å². The molecule has 1 heterocycles. The number of rotatable bonds is 5. The molecule has 4 nitrogen and oxygen atoms in total. The van der Waals surface area contributed by atoms with Crippen LogP contribution in [0.3, 0.4) is 0 Å². The van der Waals surface area contributed by atoms with Crippen LogP contribution in [0.5, 0.6) is 5.75 Å². The third-order valence-corrected chi connectivity index (χ3v) is 2.85. The molecule has 1 aromatic carbocycles. The third-order valence-electron chi connectivity index (χ3n) is 2.85. The van der Waals surface area contributed by atoms with Gasteiger partial charge in [-0.25, -0.2) is 0 Å². The van der Waals surface area contributed by atoms with Crippen LogP contribution in [0.1, 0.15) is 18.3 Å². The van der Waals surface area contributed by atoms with Gasteiger partial charge in [0.2, 0.25) is 0 Å². The van der Waals surface area contributed by atoms with Gasteiger partial charge in [0.25, 0.3) is 0 Å². The van der Waals surface area contributed by atoms with E-state index in [0.29, 0.717) is 0 Å². The summed E-state index contributed by atoms with van der Waals surface area (Å²) in [7, 11) is 1.67. The molecule has 0 saturated heterocycles. The van der Waals surface area contributed by atoms with Crippen LogP contribution in [0.15, 0.2) is 30.3 Å². The third kappa shape index (κ3) is 2.83. The minimum atomic E-state index is 0.779. The van der Waals surface area contributed by atoms with Crippen LogP contribution >= 0.6 is 0 Å². The van der Waals surface area contributed by atoms with Crippen LogP contribution in [0.25, 0.3) is 0 Å². The van der Waals surface area contributed by atoms with E-state index < -0.39 is 0 Å². The number of aromatic nitrogens is 2. The van der Waals surface area contributed by atoms with Crippen molar-refractivity contribution in [2.45, 2.75) is 26.9 Å². The summed E-state index contributed by atoms with van der Waals surface area (Å²) < 4.78 is 7.15. The van der Waals surface area contributed by atoms with Gasteiger partial charge in [0.1, 0.15) is 5.75 Å². The zero-order valence-corrected chi connectivity index (χ0v) is 11.1. The zero-order valence-electron chi connectivity index (χ0n) is 11.1. The van der Waals surface area contributed by atoms with Crippen molar-refractivity contribution < 1.29 is 4.74 Å². The van der Waals surface area contributed by atoms with Gasteiger partial charge in [-0.15, -0.1) is 0 Å². The highest BCUT2D eigenvalue weighted by Crippen LogP contribution is 2.16. The monoisotopic (exact) mass is 245 g/mol. The van der Waals surface area contributed by atoms with Crippen molar-refractivity contribution in [3.8, 4) is 5.75 Å². The summed E-state index contributed by atoms with van der Waals surface area (Å²) in [5.74, 6) is 0.870. The Morgan fingerprint density at radius 1 is 1.28 bits per heavy atom. The zero-order chi connectivity index (χ0) is 13.0. The molecule has 0 aliphatic carbocycles. The second kappa shape index (κ2) is 5.58. The standard InChI is InChI=1S/C14H19N3O/c1-4-17-13(9-11(2)16-17)10-15-12-5-7-14(18-3)8-6-12/h5-9,15H,4,10H2,1-3H3. The van der Waals surface area contributed by atoms with Gasteiger partial charge in [0, 0.05) is 12.2 Å². The van der Waals surface area contributed by atoms with Crippen molar-refractivity contribution in [2.75, 3.05) is 12.4 Å². The van der Waals surface area contributed by atoms with Gasteiger partial charge in [-0.05, 0) is 44.2 Å². The fourth-order valence-corrected chi connectivity index (χ4v) is 1.92. The van der Waals surface area contributed by atoms with E-state index in [4.69, 9.17) is 4.74 Å². The summed E-state index contributed by atoms with van der Waals surface area (Å²) in [6.45, 7) is 5.79. The van der Waals surface area contributed by atoms with E-state index in [0.717, 1.165) is 30.2 Å². The van der Waals surface area contributed by atoms with Crippen LogP contribution in [0, 0.1) is 6.92 Å². The number of nitrogens with one attached hydrogen (secondary N) is 1. The van der Waals surface area contributed by atoms with E-state index >= 15 is 0 Å². The van der Waals surface area contributed by atoms with Gasteiger partial charge in [0.15, 0.2) is 0 Å². The summed E-state index contributed by atoms with van der Waals surface area (Å²) in [6, 6.07) is 10.0. The molecule has 4 heteroatoms. The molecule has 1 aromatic heterocycles. The topological polar surface area (TPSA) is 39.1 Å². The molecule has 96 valence electrons. The largest absolute Gasteiger partial charge is 0.497 e. The van der Waals surface area contributed by atoms with Crippen molar-refractivity contribution in [1.29, 1.82) is 0 Å². The second-order valence-corrected chi connectivity index (χ2v) is 4.17. The van der Waals surface area contributed by atoms with Crippen molar-refractivity contribution in [3.05, 3.63) is 41.7 Å². The number of benzene rings is 1. The van der Waals surface area contributed by atoms with Gasteiger partial charge in [-0.2, -0.15) is 5.10 Å². The van der Waals surface area contributed by atoms with Gasteiger partial charge in [-0.3, -0.25) is 4.68 Å². The van der Waals surface area contributed by atoms with Crippen molar-refractivity contribution in [2.24, 2.45) is 0 Å². The van der Waals surface area contributed by atoms with Gasteiger partial charge in [0.05, 0.1) is 25.0 Å². The minimum absolute atomic E-state index is 0.779. The summed E-state index contributed by atoms with van der Waals surface area (Å²) >= 11 is 0. The van der Waals surface area contributed by atoms with Crippen LogP contribution in [0.2, 0.25) is 0 Å².